The van der Waals surface area contributed by atoms with Gasteiger partial charge in [-0.3, -0.25) is 0 Å². The maximum atomic E-state index is 5.29. The van der Waals surface area contributed by atoms with Crippen molar-refractivity contribution < 1.29 is 0 Å². The van der Waals surface area contributed by atoms with Gasteiger partial charge in [-0.2, -0.15) is 0 Å². The van der Waals surface area contributed by atoms with Gasteiger partial charge in [0.25, 0.3) is 0 Å². The Kier molecular flexibility index (Phi) is 8.06. The fourth-order valence-electron chi connectivity index (χ4n) is 11.2. The van der Waals surface area contributed by atoms with E-state index in [1.54, 1.807) is 0 Å². The van der Waals surface area contributed by atoms with Gasteiger partial charge in [0.15, 0.2) is 17.5 Å². The first-order valence-corrected chi connectivity index (χ1v) is 20.8. The topological polar surface area (TPSA) is 38.7 Å². The molecular formula is C54H45N3. The maximum Gasteiger partial charge on any atom is 0.164 e. The van der Waals surface area contributed by atoms with Gasteiger partial charge in [-0.05, 0) is 123 Å². The van der Waals surface area contributed by atoms with Gasteiger partial charge in [-0.25, -0.2) is 15.0 Å². The van der Waals surface area contributed by atoms with E-state index in [0.29, 0.717) is 29.3 Å². The van der Waals surface area contributed by atoms with Crippen LogP contribution in [0.25, 0.3) is 78.3 Å². The van der Waals surface area contributed by atoms with Gasteiger partial charge in [0.2, 0.25) is 0 Å². The molecule has 2 bridgehead atoms. The summed E-state index contributed by atoms with van der Waals surface area (Å²) in [6.07, 6.45) is 5.22. The molecule has 3 nitrogen and oxygen atoms in total. The minimum absolute atomic E-state index is 0.0465. The van der Waals surface area contributed by atoms with Gasteiger partial charge >= 0.3 is 0 Å². The average Bonchev–Trinajstić information content (AvgIpc) is 3.54. The lowest BCUT2D eigenvalue weighted by atomic mass is 9.49. The molecule has 3 aliphatic carbocycles. The fraction of sp³-hybridized carbons (Fsp3) is 0.204. The van der Waals surface area contributed by atoms with Gasteiger partial charge in [-0.1, -0.05) is 159 Å². The van der Waals surface area contributed by atoms with E-state index in [4.69, 9.17) is 15.0 Å². The molecule has 3 aliphatic rings. The van der Waals surface area contributed by atoms with Crippen LogP contribution >= 0.6 is 0 Å². The van der Waals surface area contributed by atoms with E-state index in [1.165, 1.54) is 81.0 Å². The lowest BCUT2D eigenvalue weighted by Gasteiger charge is -2.54. The quantitative estimate of drug-likeness (QED) is 0.177. The molecule has 5 atom stereocenters. The van der Waals surface area contributed by atoms with Crippen molar-refractivity contribution in [2.75, 3.05) is 0 Å². The Morgan fingerprint density at radius 3 is 1.47 bits per heavy atom. The van der Waals surface area contributed by atoms with Crippen molar-refractivity contribution in [3.8, 4) is 67.5 Å². The maximum absolute atomic E-state index is 5.29. The first-order valence-electron chi connectivity index (χ1n) is 20.8. The summed E-state index contributed by atoms with van der Waals surface area (Å²) in [6.45, 7) is 5.04. The summed E-state index contributed by atoms with van der Waals surface area (Å²) >= 11 is 0. The highest BCUT2D eigenvalue weighted by molar-refractivity contribution is 5.94. The van der Waals surface area contributed by atoms with Crippen molar-refractivity contribution in [2.24, 2.45) is 23.7 Å². The van der Waals surface area contributed by atoms with E-state index in [1.807, 2.05) is 0 Å². The number of benzene rings is 7. The zero-order chi connectivity index (χ0) is 38.1. The monoisotopic (exact) mass is 735 g/mol. The molecular weight excluding hydrogens is 691 g/mol. The van der Waals surface area contributed by atoms with Crippen LogP contribution in [0.1, 0.15) is 50.7 Å². The lowest BCUT2D eigenvalue weighted by molar-refractivity contribution is 0.0427. The van der Waals surface area contributed by atoms with Crippen LogP contribution in [0.4, 0.5) is 0 Å². The molecule has 0 amide bonds. The van der Waals surface area contributed by atoms with E-state index in [0.717, 1.165) is 28.5 Å². The second-order valence-corrected chi connectivity index (χ2v) is 17.1. The van der Waals surface area contributed by atoms with Crippen LogP contribution < -0.4 is 0 Å². The third-order valence-electron chi connectivity index (χ3n) is 13.6. The number of hydrogen-bond donors (Lipinski definition) is 0. The Balaban J connectivity index is 1.08. The summed E-state index contributed by atoms with van der Waals surface area (Å²) in [5.74, 6) is 4.76. The van der Waals surface area contributed by atoms with E-state index in [9.17, 15) is 0 Å². The third kappa shape index (κ3) is 5.66. The molecule has 57 heavy (non-hydrogen) atoms. The summed E-state index contributed by atoms with van der Waals surface area (Å²) in [6, 6.07) is 59.4. The van der Waals surface area contributed by atoms with Gasteiger partial charge in [0.05, 0.1) is 0 Å². The SMILES string of the molecule is CC1CC2CC(C)C3(c4cc(-c5nc(-c6ccc(-c7ccccc7)cc6)nc(-c6ccc(-c7ccccc7)cc6)n5)ccc4-c4cc5ccccc5cc43)C(C1)C2. The summed E-state index contributed by atoms with van der Waals surface area (Å²) in [7, 11) is 0. The Morgan fingerprint density at radius 2 is 0.877 bits per heavy atom. The molecule has 0 N–H and O–H groups in total. The number of aromatic nitrogens is 3. The Morgan fingerprint density at radius 1 is 0.404 bits per heavy atom. The van der Waals surface area contributed by atoms with Crippen LogP contribution in [-0.2, 0) is 5.41 Å². The van der Waals surface area contributed by atoms with Crippen molar-refractivity contribution in [2.45, 2.75) is 44.9 Å². The van der Waals surface area contributed by atoms with Crippen molar-refractivity contribution in [3.63, 3.8) is 0 Å². The average molecular weight is 736 g/mol. The molecule has 1 aromatic heterocycles. The predicted molar refractivity (Wildman–Crippen MR) is 235 cm³/mol. The number of hydrogen-bond acceptors (Lipinski definition) is 3. The van der Waals surface area contributed by atoms with Crippen molar-refractivity contribution in [1.29, 1.82) is 0 Å². The molecule has 1 heterocycles. The predicted octanol–water partition coefficient (Wildman–Crippen LogP) is 13.7. The summed E-state index contributed by atoms with van der Waals surface area (Å²) < 4.78 is 0. The van der Waals surface area contributed by atoms with Crippen LogP contribution in [0.3, 0.4) is 0 Å². The third-order valence-corrected chi connectivity index (χ3v) is 13.6. The van der Waals surface area contributed by atoms with Crippen molar-refractivity contribution in [1.82, 2.24) is 15.0 Å². The number of rotatable bonds is 5. The van der Waals surface area contributed by atoms with E-state index in [2.05, 4.69) is 178 Å². The zero-order valence-electron chi connectivity index (χ0n) is 32.6. The molecule has 2 fully saturated rings. The summed E-state index contributed by atoms with van der Waals surface area (Å²) in [5, 5.41) is 2.65. The van der Waals surface area contributed by atoms with E-state index in [-0.39, 0.29) is 5.41 Å². The molecule has 276 valence electrons. The molecule has 1 spiro atoms. The van der Waals surface area contributed by atoms with Gasteiger partial charge < -0.3 is 0 Å². The number of fused-ring (bicyclic) bond motifs is 9. The number of nitrogens with zero attached hydrogens (tertiary/aromatic N) is 3. The van der Waals surface area contributed by atoms with Crippen LogP contribution in [0.5, 0.6) is 0 Å². The fourth-order valence-corrected chi connectivity index (χ4v) is 11.2. The van der Waals surface area contributed by atoms with Gasteiger partial charge in [0, 0.05) is 22.1 Å². The second-order valence-electron chi connectivity index (χ2n) is 17.1. The Labute approximate surface area is 335 Å². The first kappa shape index (κ1) is 34.1. The molecule has 8 aromatic rings. The zero-order valence-corrected chi connectivity index (χ0v) is 32.6. The highest BCUT2D eigenvalue weighted by atomic mass is 15.0. The van der Waals surface area contributed by atoms with Gasteiger partial charge in [0.1, 0.15) is 0 Å². The van der Waals surface area contributed by atoms with Crippen LogP contribution in [0.15, 0.2) is 164 Å². The summed E-state index contributed by atoms with van der Waals surface area (Å²) in [5.41, 5.74) is 13.5. The largest absolute Gasteiger partial charge is 0.208 e. The molecule has 0 saturated heterocycles. The lowest BCUT2D eigenvalue weighted by Crippen LogP contribution is -2.49. The Bertz CT molecular complexity index is 2670. The molecule has 2 saturated carbocycles. The highest BCUT2D eigenvalue weighted by Crippen LogP contribution is 2.65. The molecule has 7 aromatic carbocycles. The van der Waals surface area contributed by atoms with Crippen LogP contribution in [0.2, 0.25) is 0 Å². The van der Waals surface area contributed by atoms with Gasteiger partial charge in [-0.15, -0.1) is 0 Å². The van der Waals surface area contributed by atoms with Crippen LogP contribution in [0, 0.1) is 23.7 Å². The molecule has 0 radical (unpaired) electrons. The van der Waals surface area contributed by atoms with Crippen LogP contribution in [-0.4, -0.2) is 15.0 Å². The highest BCUT2D eigenvalue weighted by Gasteiger charge is 2.56. The van der Waals surface area contributed by atoms with Crippen molar-refractivity contribution >= 4 is 10.8 Å². The molecule has 3 heteroatoms. The smallest absolute Gasteiger partial charge is 0.164 e. The summed E-state index contributed by atoms with van der Waals surface area (Å²) in [4.78, 5) is 15.7. The Hall–Kier alpha value is -6.19. The normalized spacial score (nSPS) is 22.0. The second kappa shape index (κ2) is 13.5. The van der Waals surface area contributed by atoms with Crippen molar-refractivity contribution in [3.05, 3.63) is 175 Å². The molecule has 11 rings (SSSR count). The van der Waals surface area contributed by atoms with E-state index >= 15 is 0 Å². The molecule has 0 aliphatic heterocycles. The standard InChI is InChI=1S/C54H45N3/c1-34-27-36-29-35(2)54(46(28-34)30-36)49-33-45(25-26-47(49)48-31-43-15-9-10-16-44(43)32-50(48)54)53-56-51(41-21-17-39(18-22-41)37-11-5-3-6-12-37)55-52(57-53)42-23-19-40(20-24-42)38-13-7-4-8-14-38/h3-26,31-36,46H,27-30H2,1-2H3. The molecule has 5 unspecified atom stereocenters. The minimum atomic E-state index is -0.0465. The first-order chi connectivity index (χ1) is 28.0. The van der Waals surface area contributed by atoms with E-state index < -0.39 is 0 Å². The minimum Gasteiger partial charge on any atom is -0.208 e.